The summed E-state index contributed by atoms with van der Waals surface area (Å²) in [5.74, 6) is -0.261. The minimum atomic E-state index is -0.131. The van der Waals surface area contributed by atoms with Gasteiger partial charge in [-0.2, -0.15) is 0 Å². The van der Waals surface area contributed by atoms with Gasteiger partial charge in [0, 0.05) is 12.8 Å². The largest absolute Gasteiger partial charge is 0.463 e. The summed E-state index contributed by atoms with van der Waals surface area (Å²) < 4.78 is 54.7. The van der Waals surface area contributed by atoms with Crippen molar-refractivity contribution in [3.8, 4) is 0 Å². The quantitative estimate of drug-likeness (QED) is 0.0425. The Labute approximate surface area is 406 Å². The molecule has 0 aromatic rings. The van der Waals surface area contributed by atoms with Gasteiger partial charge in [-0.05, 0) is 12.8 Å². The molecule has 0 aliphatic carbocycles. The fraction of sp³-hybridized carbons (Fsp3) is 0.963. The Morgan fingerprint density at radius 2 is 0.364 bits per heavy atom. The van der Waals surface area contributed by atoms with E-state index in [0.29, 0.717) is 119 Å². The van der Waals surface area contributed by atoms with Gasteiger partial charge >= 0.3 is 11.9 Å². The molecule has 0 heterocycles. The molecule has 0 N–H and O–H groups in total. The van der Waals surface area contributed by atoms with Gasteiger partial charge in [0.25, 0.3) is 0 Å². The molecule has 12 heteroatoms. The van der Waals surface area contributed by atoms with Crippen molar-refractivity contribution in [1.82, 2.24) is 0 Å². The highest BCUT2D eigenvalue weighted by Crippen LogP contribution is 2.15. The van der Waals surface area contributed by atoms with E-state index in [2.05, 4.69) is 13.8 Å². The lowest BCUT2D eigenvalue weighted by molar-refractivity contribution is -0.146. The monoisotopic (exact) mass is 947 g/mol. The Morgan fingerprint density at radius 3 is 0.545 bits per heavy atom. The van der Waals surface area contributed by atoms with Gasteiger partial charge < -0.3 is 47.4 Å². The molecule has 0 aliphatic rings. The first-order chi connectivity index (χ1) is 32.7. The van der Waals surface area contributed by atoms with E-state index in [4.69, 9.17) is 47.4 Å². The topological polar surface area (TPSA) is 126 Å². The lowest BCUT2D eigenvalue weighted by Crippen LogP contribution is -2.15. The van der Waals surface area contributed by atoms with E-state index in [1.54, 1.807) is 0 Å². The van der Waals surface area contributed by atoms with Crippen LogP contribution in [-0.4, -0.2) is 131 Å². The third kappa shape index (κ3) is 58.7. The van der Waals surface area contributed by atoms with E-state index in [0.717, 1.165) is 25.7 Å². The zero-order valence-corrected chi connectivity index (χ0v) is 43.3. The van der Waals surface area contributed by atoms with Crippen LogP contribution in [0.25, 0.3) is 0 Å². The number of unbranched alkanes of at least 4 members (excludes halogenated alkanes) is 28. The zero-order chi connectivity index (χ0) is 47.6. The van der Waals surface area contributed by atoms with E-state index in [1.165, 1.54) is 167 Å². The molecule has 0 fully saturated rings. The Balaban J connectivity index is 3.17. The predicted molar refractivity (Wildman–Crippen MR) is 268 cm³/mol. The Hall–Kier alpha value is -1.38. The average molecular weight is 947 g/mol. The second kappa shape index (κ2) is 59.7. The summed E-state index contributed by atoms with van der Waals surface area (Å²) in [5, 5.41) is 0. The van der Waals surface area contributed by atoms with Crippen LogP contribution in [-0.2, 0) is 57.0 Å². The summed E-state index contributed by atoms with van der Waals surface area (Å²) >= 11 is 0. The molecular weight excluding hydrogens is 841 g/mol. The lowest BCUT2D eigenvalue weighted by atomic mass is 10.0. The third-order valence-electron chi connectivity index (χ3n) is 11.6. The maximum absolute atomic E-state index is 11.9. The molecule has 0 atom stereocenters. The Morgan fingerprint density at radius 1 is 0.212 bits per heavy atom. The number of hydrogen-bond donors (Lipinski definition) is 0. The fourth-order valence-corrected chi connectivity index (χ4v) is 7.50. The lowest BCUT2D eigenvalue weighted by Gasteiger charge is -2.09. The zero-order valence-electron chi connectivity index (χ0n) is 43.3. The van der Waals surface area contributed by atoms with Gasteiger partial charge in [0.15, 0.2) is 0 Å². The van der Waals surface area contributed by atoms with Crippen LogP contribution in [0.15, 0.2) is 0 Å². The summed E-state index contributed by atoms with van der Waals surface area (Å²) in [5.41, 5.74) is 0. The molecular formula is C54H106O12. The molecule has 0 amide bonds. The summed E-state index contributed by atoms with van der Waals surface area (Å²) in [6.07, 6.45) is 40.4. The SMILES string of the molecule is CCCCCCCCCCCCCCCCCC(=O)OCCOCCOCCOCCOCCOCCOCCOCCOCCOC(=O)CCCCCCCCCCCCCCCCC. The van der Waals surface area contributed by atoms with Crippen molar-refractivity contribution in [2.24, 2.45) is 0 Å². The number of carbonyl (C=O) groups excluding carboxylic acids is 2. The van der Waals surface area contributed by atoms with E-state index in [1.807, 2.05) is 0 Å². The van der Waals surface area contributed by atoms with Crippen molar-refractivity contribution in [2.45, 2.75) is 219 Å². The molecule has 0 spiro atoms. The molecule has 394 valence electrons. The summed E-state index contributed by atoms with van der Waals surface area (Å²) in [7, 11) is 0. The molecule has 0 saturated carbocycles. The first-order valence-electron chi connectivity index (χ1n) is 27.6. The number of rotatable bonds is 59. The van der Waals surface area contributed by atoms with Gasteiger partial charge in [0.2, 0.25) is 0 Å². The highest BCUT2D eigenvalue weighted by Gasteiger charge is 2.05. The van der Waals surface area contributed by atoms with E-state index in [9.17, 15) is 9.59 Å². The van der Waals surface area contributed by atoms with Crippen molar-refractivity contribution >= 4 is 11.9 Å². The maximum Gasteiger partial charge on any atom is 0.305 e. The van der Waals surface area contributed by atoms with Crippen LogP contribution in [0.1, 0.15) is 219 Å². The van der Waals surface area contributed by atoms with Gasteiger partial charge in [-0.3, -0.25) is 9.59 Å². The van der Waals surface area contributed by atoms with Crippen LogP contribution >= 0.6 is 0 Å². The molecule has 0 aliphatic heterocycles. The third-order valence-corrected chi connectivity index (χ3v) is 11.6. The van der Waals surface area contributed by atoms with Crippen molar-refractivity contribution in [2.75, 3.05) is 119 Å². The smallest absolute Gasteiger partial charge is 0.305 e. The minimum Gasteiger partial charge on any atom is -0.463 e. The van der Waals surface area contributed by atoms with Gasteiger partial charge in [-0.25, -0.2) is 0 Å². The average Bonchev–Trinajstić information content (AvgIpc) is 3.32. The number of esters is 2. The molecule has 0 rings (SSSR count). The number of hydrogen-bond acceptors (Lipinski definition) is 12. The molecule has 0 bridgehead atoms. The normalized spacial score (nSPS) is 11.5. The minimum absolute atomic E-state index is 0.131. The maximum atomic E-state index is 11.9. The predicted octanol–water partition coefficient (Wildman–Crippen LogP) is 12.7. The molecule has 12 nitrogen and oxygen atoms in total. The number of carbonyl (C=O) groups is 2. The molecule has 0 radical (unpaired) electrons. The van der Waals surface area contributed by atoms with Crippen molar-refractivity contribution < 1.29 is 57.0 Å². The van der Waals surface area contributed by atoms with Crippen molar-refractivity contribution in [1.29, 1.82) is 0 Å². The Bertz CT molecular complexity index is 854. The first kappa shape index (κ1) is 64.6. The van der Waals surface area contributed by atoms with Crippen molar-refractivity contribution in [3.63, 3.8) is 0 Å². The highest BCUT2D eigenvalue weighted by atomic mass is 16.6. The van der Waals surface area contributed by atoms with E-state index < -0.39 is 0 Å². The highest BCUT2D eigenvalue weighted by molar-refractivity contribution is 5.69. The molecule has 0 saturated heterocycles. The van der Waals surface area contributed by atoms with E-state index in [-0.39, 0.29) is 25.2 Å². The summed E-state index contributed by atoms with van der Waals surface area (Å²) in [4.78, 5) is 23.9. The fourth-order valence-electron chi connectivity index (χ4n) is 7.50. The second-order valence-corrected chi connectivity index (χ2v) is 17.7. The van der Waals surface area contributed by atoms with Gasteiger partial charge in [-0.1, -0.05) is 194 Å². The number of ether oxygens (including phenoxy) is 10. The summed E-state index contributed by atoms with van der Waals surface area (Å²) in [6.45, 7) is 12.6. The van der Waals surface area contributed by atoms with Crippen molar-refractivity contribution in [3.05, 3.63) is 0 Å². The van der Waals surface area contributed by atoms with Gasteiger partial charge in [0.05, 0.1) is 106 Å². The first-order valence-corrected chi connectivity index (χ1v) is 27.6. The van der Waals surface area contributed by atoms with Crippen LogP contribution in [0, 0.1) is 0 Å². The summed E-state index contributed by atoms with van der Waals surface area (Å²) in [6, 6.07) is 0. The molecule has 66 heavy (non-hydrogen) atoms. The molecule has 0 aromatic heterocycles. The van der Waals surface area contributed by atoms with Crippen LogP contribution in [0.2, 0.25) is 0 Å². The standard InChI is InChI=1S/C54H106O12/c1-3-5-7-9-11-13-15-17-19-21-23-25-27-29-31-33-53(55)65-51-49-63-47-45-61-43-41-59-39-37-57-35-36-58-38-40-60-42-44-62-46-48-64-50-52-66-54(56)34-32-30-28-26-24-22-20-18-16-14-12-10-8-6-4-2/h3-52H2,1-2H3. The van der Waals surface area contributed by atoms with Crippen LogP contribution < -0.4 is 0 Å². The second-order valence-electron chi connectivity index (χ2n) is 17.7. The van der Waals surface area contributed by atoms with E-state index >= 15 is 0 Å². The van der Waals surface area contributed by atoms with Gasteiger partial charge in [-0.15, -0.1) is 0 Å². The van der Waals surface area contributed by atoms with Gasteiger partial charge in [0.1, 0.15) is 13.2 Å². The Kier molecular flexibility index (Phi) is 58.5. The van der Waals surface area contributed by atoms with Crippen LogP contribution in [0.5, 0.6) is 0 Å². The molecule has 0 aromatic carbocycles. The van der Waals surface area contributed by atoms with Crippen LogP contribution in [0.3, 0.4) is 0 Å². The van der Waals surface area contributed by atoms with Crippen LogP contribution in [0.4, 0.5) is 0 Å². The molecule has 0 unspecified atom stereocenters.